The van der Waals surface area contributed by atoms with Crippen LogP contribution in [0.15, 0.2) is 18.2 Å². The summed E-state index contributed by atoms with van der Waals surface area (Å²) in [6.45, 7) is 5.17. The monoisotopic (exact) mass is 268 g/mol. The first-order chi connectivity index (χ1) is 9.60. The zero-order chi connectivity index (χ0) is 14.3. The number of anilines is 2. The van der Waals surface area contributed by atoms with E-state index in [0.717, 1.165) is 41.4 Å². The summed E-state index contributed by atoms with van der Waals surface area (Å²) in [4.78, 5) is 11.6. The minimum atomic E-state index is 0.801. The second-order valence-electron chi connectivity index (χ2n) is 5.37. The topological polar surface area (TPSA) is 41.1 Å². The highest BCUT2D eigenvalue weighted by Gasteiger charge is 2.17. The molecule has 1 aromatic heterocycles. The van der Waals surface area contributed by atoms with Gasteiger partial charge in [-0.05, 0) is 44.0 Å². The largest absolute Gasteiger partial charge is 0.374 e. The van der Waals surface area contributed by atoms with Gasteiger partial charge in [-0.2, -0.15) is 0 Å². The minimum Gasteiger partial charge on any atom is -0.374 e. The molecule has 0 fully saturated rings. The number of nitrogens with zero attached hydrogens (tertiary/aromatic N) is 3. The summed E-state index contributed by atoms with van der Waals surface area (Å²) < 4.78 is 0. The van der Waals surface area contributed by atoms with Crippen LogP contribution in [-0.4, -0.2) is 30.6 Å². The third-order valence-corrected chi connectivity index (χ3v) is 4.09. The summed E-state index contributed by atoms with van der Waals surface area (Å²) in [7, 11) is 4.04. The molecule has 1 aliphatic rings. The van der Waals surface area contributed by atoms with Gasteiger partial charge in [-0.3, -0.25) is 0 Å². The number of aryl methyl sites for hydroxylation is 1. The highest BCUT2D eigenvalue weighted by Crippen LogP contribution is 2.31. The molecule has 1 aliphatic heterocycles. The molecule has 1 N–H and O–H groups in total. The van der Waals surface area contributed by atoms with E-state index >= 15 is 0 Å². The molecule has 1 aromatic carbocycles. The zero-order valence-corrected chi connectivity index (χ0v) is 12.5. The van der Waals surface area contributed by atoms with Gasteiger partial charge in [0.25, 0.3) is 0 Å². The highest BCUT2D eigenvalue weighted by atomic mass is 15.1. The van der Waals surface area contributed by atoms with Crippen molar-refractivity contribution in [3.05, 3.63) is 35.0 Å². The molecule has 104 valence electrons. The van der Waals surface area contributed by atoms with Gasteiger partial charge in [-0.15, -0.1) is 0 Å². The standard InChI is InChI=1S/C16H20N4/c1-10-11(2)18-16(19-15(10)17-3)13-5-6-14-12(9-13)7-8-20(14)4/h5-6,9H,7-8H2,1-4H3,(H,17,18,19). The van der Waals surface area contributed by atoms with Crippen molar-refractivity contribution in [3.63, 3.8) is 0 Å². The number of hydrogen-bond acceptors (Lipinski definition) is 4. The van der Waals surface area contributed by atoms with Crippen molar-refractivity contribution in [2.45, 2.75) is 20.3 Å². The Morgan fingerprint density at radius 3 is 2.75 bits per heavy atom. The molecule has 0 spiro atoms. The maximum Gasteiger partial charge on any atom is 0.161 e. The van der Waals surface area contributed by atoms with Crippen LogP contribution >= 0.6 is 0 Å². The molecule has 0 saturated carbocycles. The van der Waals surface area contributed by atoms with Crippen LogP contribution in [-0.2, 0) is 6.42 Å². The SMILES string of the molecule is CNc1nc(-c2ccc3c(c2)CCN3C)nc(C)c1C. The zero-order valence-electron chi connectivity index (χ0n) is 12.5. The first-order valence-corrected chi connectivity index (χ1v) is 6.97. The lowest BCUT2D eigenvalue weighted by molar-refractivity contribution is 0.956. The van der Waals surface area contributed by atoms with Gasteiger partial charge in [-0.25, -0.2) is 9.97 Å². The molecule has 0 atom stereocenters. The Morgan fingerprint density at radius 2 is 2.00 bits per heavy atom. The Bertz CT molecular complexity index is 664. The molecule has 0 amide bonds. The first kappa shape index (κ1) is 12.9. The predicted molar refractivity (Wildman–Crippen MR) is 83.5 cm³/mol. The molecule has 0 radical (unpaired) electrons. The fourth-order valence-electron chi connectivity index (χ4n) is 2.71. The van der Waals surface area contributed by atoms with Crippen LogP contribution in [0.1, 0.15) is 16.8 Å². The average molecular weight is 268 g/mol. The van der Waals surface area contributed by atoms with Gasteiger partial charge >= 0.3 is 0 Å². The highest BCUT2D eigenvalue weighted by molar-refractivity contribution is 5.68. The van der Waals surface area contributed by atoms with Crippen LogP contribution in [0.2, 0.25) is 0 Å². The normalized spacial score (nSPS) is 13.5. The smallest absolute Gasteiger partial charge is 0.161 e. The summed E-state index contributed by atoms with van der Waals surface area (Å²) in [5.74, 6) is 1.71. The van der Waals surface area contributed by atoms with Gasteiger partial charge in [0.15, 0.2) is 5.82 Å². The lowest BCUT2D eigenvalue weighted by Crippen LogP contribution is -2.12. The van der Waals surface area contributed by atoms with E-state index in [1.54, 1.807) is 0 Å². The number of nitrogens with one attached hydrogen (secondary N) is 1. The molecule has 2 aromatic rings. The Hall–Kier alpha value is -2.10. The maximum atomic E-state index is 4.63. The van der Waals surface area contributed by atoms with Crippen LogP contribution in [0.5, 0.6) is 0 Å². The average Bonchev–Trinajstić information content (AvgIpc) is 2.83. The molecule has 0 unspecified atom stereocenters. The molecule has 0 bridgehead atoms. The predicted octanol–water partition coefficient (Wildman–Crippen LogP) is 2.79. The summed E-state index contributed by atoms with van der Waals surface area (Å²) in [5, 5.41) is 3.15. The van der Waals surface area contributed by atoms with Crippen molar-refractivity contribution in [2.75, 3.05) is 30.9 Å². The Balaban J connectivity index is 2.08. The molecule has 3 rings (SSSR count). The van der Waals surface area contributed by atoms with E-state index in [9.17, 15) is 0 Å². The van der Waals surface area contributed by atoms with E-state index in [0.29, 0.717) is 0 Å². The number of rotatable bonds is 2. The van der Waals surface area contributed by atoms with Gasteiger partial charge in [-0.1, -0.05) is 0 Å². The lowest BCUT2D eigenvalue weighted by atomic mass is 10.1. The first-order valence-electron chi connectivity index (χ1n) is 6.97. The van der Waals surface area contributed by atoms with E-state index in [-0.39, 0.29) is 0 Å². The number of aromatic nitrogens is 2. The molecule has 0 aliphatic carbocycles. The van der Waals surface area contributed by atoms with E-state index in [4.69, 9.17) is 0 Å². The van der Waals surface area contributed by atoms with Gasteiger partial charge < -0.3 is 10.2 Å². The number of hydrogen-bond donors (Lipinski definition) is 1. The van der Waals surface area contributed by atoms with E-state index < -0.39 is 0 Å². The summed E-state index contributed by atoms with van der Waals surface area (Å²) in [5.41, 5.74) is 5.94. The van der Waals surface area contributed by atoms with Crippen molar-refractivity contribution >= 4 is 11.5 Å². The van der Waals surface area contributed by atoms with E-state index in [1.165, 1.54) is 11.3 Å². The second kappa shape index (κ2) is 4.78. The van der Waals surface area contributed by atoms with E-state index in [2.05, 4.69) is 45.4 Å². The van der Waals surface area contributed by atoms with Crippen molar-refractivity contribution in [1.82, 2.24) is 9.97 Å². The van der Waals surface area contributed by atoms with Gasteiger partial charge in [0.2, 0.25) is 0 Å². The maximum absolute atomic E-state index is 4.63. The fourth-order valence-corrected chi connectivity index (χ4v) is 2.71. The van der Waals surface area contributed by atoms with Crippen molar-refractivity contribution in [2.24, 2.45) is 0 Å². The Morgan fingerprint density at radius 1 is 1.20 bits per heavy atom. The van der Waals surface area contributed by atoms with Gasteiger partial charge in [0.05, 0.1) is 0 Å². The van der Waals surface area contributed by atoms with Crippen LogP contribution < -0.4 is 10.2 Å². The number of likely N-dealkylation sites (N-methyl/N-ethyl adjacent to an activating group) is 1. The van der Waals surface area contributed by atoms with Crippen LogP contribution in [0.3, 0.4) is 0 Å². The minimum absolute atomic E-state index is 0.801. The molecule has 20 heavy (non-hydrogen) atoms. The molecular weight excluding hydrogens is 248 g/mol. The third-order valence-electron chi connectivity index (χ3n) is 4.09. The fraction of sp³-hybridized carbons (Fsp3) is 0.375. The molecule has 2 heterocycles. The van der Waals surface area contributed by atoms with Crippen LogP contribution in [0, 0.1) is 13.8 Å². The summed E-state index contributed by atoms with van der Waals surface area (Å²) in [6, 6.07) is 6.52. The molecule has 4 nitrogen and oxygen atoms in total. The van der Waals surface area contributed by atoms with Crippen LogP contribution in [0.4, 0.5) is 11.5 Å². The van der Waals surface area contributed by atoms with Gasteiger partial charge in [0, 0.05) is 43.1 Å². The van der Waals surface area contributed by atoms with E-state index in [1.807, 2.05) is 20.9 Å². The second-order valence-corrected chi connectivity index (χ2v) is 5.37. The summed E-state index contributed by atoms with van der Waals surface area (Å²) in [6.07, 6.45) is 1.10. The molecular formula is C16H20N4. The van der Waals surface area contributed by atoms with Crippen molar-refractivity contribution in [1.29, 1.82) is 0 Å². The van der Waals surface area contributed by atoms with Crippen molar-refractivity contribution < 1.29 is 0 Å². The van der Waals surface area contributed by atoms with Crippen LogP contribution in [0.25, 0.3) is 11.4 Å². The molecule has 4 heteroatoms. The van der Waals surface area contributed by atoms with Crippen molar-refractivity contribution in [3.8, 4) is 11.4 Å². The lowest BCUT2D eigenvalue weighted by Gasteiger charge is -2.13. The number of benzene rings is 1. The summed E-state index contributed by atoms with van der Waals surface area (Å²) >= 11 is 0. The Labute approximate surface area is 119 Å². The Kier molecular flexibility index (Phi) is 3.08. The van der Waals surface area contributed by atoms with Gasteiger partial charge in [0.1, 0.15) is 5.82 Å². The quantitative estimate of drug-likeness (QED) is 0.909. The number of fused-ring (bicyclic) bond motifs is 1. The molecule has 0 saturated heterocycles. The third kappa shape index (κ3) is 2.01.